The zero-order chi connectivity index (χ0) is 18.5. The molecule has 5 heteroatoms. The topological polar surface area (TPSA) is 38.7 Å². The molecule has 132 valence electrons. The second-order valence-electron chi connectivity index (χ2n) is 5.94. The molecule has 0 atom stereocenters. The van der Waals surface area contributed by atoms with Gasteiger partial charge in [-0.15, -0.1) is 10.2 Å². The summed E-state index contributed by atoms with van der Waals surface area (Å²) in [4.78, 5) is 4.83. The molecule has 0 N–H and O–H groups in total. The third kappa shape index (κ3) is 4.43. The Morgan fingerprint density at radius 2 is 1.26 bits per heavy atom. The van der Waals surface area contributed by atoms with Crippen LogP contribution in [0.2, 0.25) is 0 Å². The number of nitrogens with zero attached hydrogens (tertiary/aromatic N) is 3. The van der Waals surface area contributed by atoms with Crippen LogP contribution in [0.1, 0.15) is 5.56 Å². The standard InChI is InChI=1S/C22H16BrN3S/c23-19-13-11-16(12-14-19)15-27-22-24-20(17-7-3-1-4-8-17)21(25-26-22)18-9-5-2-6-10-18/h1-14H,15H2. The van der Waals surface area contributed by atoms with E-state index in [1.54, 1.807) is 11.8 Å². The van der Waals surface area contributed by atoms with Gasteiger partial charge >= 0.3 is 0 Å². The summed E-state index contributed by atoms with van der Waals surface area (Å²) in [6.45, 7) is 0. The van der Waals surface area contributed by atoms with E-state index in [4.69, 9.17) is 4.98 Å². The first-order valence-corrected chi connectivity index (χ1v) is 10.3. The summed E-state index contributed by atoms with van der Waals surface area (Å²) in [5, 5.41) is 9.55. The Morgan fingerprint density at radius 3 is 1.89 bits per heavy atom. The first-order chi connectivity index (χ1) is 13.3. The van der Waals surface area contributed by atoms with Crippen molar-refractivity contribution in [2.24, 2.45) is 0 Å². The molecule has 0 aliphatic carbocycles. The SMILES string of the molecule is Brc1ccc(CSc2nnc(-c3ccccc3)c(-c3ccccc3)n2)cc1. The molecule has 0 aliphatic rings. The Balaban J connectivity index is 1.67. The minimum atomic E-state index is 0.677. The molecule has 0 bridgehead atoms. The van der Waals surface area contributed by atoms with E-state index in [2.05, 4.69) is 50.4 Å². The molecule has 0 spiro atoms. The molecule has 4 rings (SSSR count). The molecule has 4 aromatic rings. The number of aromatic nitrogens is 3. The second-order valence-corrected chi connectivity index (χ2v) is 7.80. The van der Waals surface area contributed by atoms with Crippen LogP contribution in [0.5, 0.6) is 0 Å². The van der Waals surface area contributed by atoms with Crippen molar-refractivity contribution < 1.29 is 0 Å². The maximum absolute atomic E-state index is 4.83. The summed E-state index contributed by atoms with van der Waals surface area (Å²) in [5.41, 5.74) is 4.93. The van der Waals surface area contributed by atoms with Crippen molar-refractivity contribution in [3.63, 3.8) is 0 Å². The molecular weight excluding hydrogens is 418 g/mol. The van der Waals surface area contributed by atoms with Gasteiger partial charge < -0.3 is 0 Å². The molecule has 0 aliphatic heterocycles. The van der Waals surface area contributed by atoms with Crippen LogP contribution in [0.3, 0.4) is 0 Å². The third-order valence-corrected chi connectivity index (χ3v) is 5.48. The predicted molar refractivity (Wildman–Crippen MR) is 114 cm³/mol. The number of rotatable bonds is 5. The van der Waals surface area contributed by atoms with Crippen molar-refractivity contribution >= 4 is 27.7 Å². The van der Waals surface area contributed by atoms with Crippen molar-refractivity contribution in [3.8, 4) is 22.5 Å². The average molecular weight is 434 g/mol. The molecule has 27 heavy (non-hydrogen) atoms. The molecule has 3 nitrogen and oxygen atoms in total. The smallest absolute Gasteiger partial charge is 0.210 e. The van der Waals surface area contributed by atoms with Crippen molar-refractivity contribution in [3.05, 3.63) is 95.0 Å². The first kappa shape index (κ1) is 17.9. The normalized spacial score (nSPS) is 10.7. The number of benzene rings is 3. The van der Waals surface area contributed by atoms with Crippen molar-refractivity contribution in [1.82, 2.24) is 15.2 Å². The van der Waals surface area contributed by atoms with Gasteiger partial charge in [0.1, 0.15) is 11.4 Å². The van der Waals surface area contributed by atoms with Gasteiger partial charge in [0.15, 0.2) is 0 Å². The molecule has 0 radical (unpaired) electrons. The Kier molecular flexibility index (Phi) is 5.61. The lowest BCUT2D eigenvalue weighted by molar-refractivity contribution is 0.850. The Labute approximate surface area is 171 Å². The van der Waals surface area contributed by atoms with Crippen LogP contribution in [-0.4, -0.2) is 15.2 Å². The third-order valence-electron chi connectivity index (χ3n) is 4.04. The monoisotopic (exact) mass is 433 g/mol. The quantitative estimate of drug-likeness (QED) is 0.348. The van der Waals surface area contributed by atoms with Gasteiger partial charge in [0.2, 0.25) is 5.16 Å². The number of thioether (sulfide) groups is 1. The van der Waals surface area contributed by atoms with E-state index in [0.717, 1.165) is 32.7 Å². The molecule has 0 saturated heterocycles. The van der Waals surface area contributed by atoms with Gasteiger partial charge in [-0.3, -0.25) is 0 Å². The van der Waals surface area contributed by atoms with Crippen LogP contribution in [0, 0.1) is 0 Å². The maximum atomic E-state index is 4.83. The van der Waals surface area contributed by atoms with Crippen molar-refractivity contribution in [1.29, 1.82) is 0 Å². The maximum Gasteiger partial charge on any atom is 0.210 e. The minimum absolute atomic E-state index is 0.677. The lowest BCUT2D eigenvalue weighted by Gasteiger charge is -2.09. The summed E-state index contributed by atoms with van der Waals surface area (Å²) in [7, 11) is 0. The summed E-state index contributed by atoms with van der Waals surface area (Å²) in [5.74, 6) is 0.799. The Morgan fingerprint density at radius 1 is 0.667 bits per heavy atom. The van der Waals surface area contributed by atoms with Crippen molar-refractivity contribution in [2.45, 2.75) is 10.9 Å². The molecule has 1 heterocycles. The Hall–Kier alpha value is -2.50. The summed E-state index contributed by atoms with van der Waals surface area (Å²) < 4.78 is 1.08. The van der Waals surface area contributed by atoms with Crippen LogP contribution in [0.25, 0.3) is 22.5 Å². The van der Waals surface area contributed by atoms with E-state index in [1.807, 2.05) is 60.7 Å². The average Bonchev–Trinajstić information content (AvgIpc) is 2.74. The van der Waals surface area contributed by atoms with E-state index in [0.29, 0.717) is 5.16 Å². The van der Waals surface area contributed by atoms with Gasteiger partial charge in [-0.2, -0.15) is 0 Å². The van der Waals surface area contributed by atoms with Gasteiger partial charge in [-0.25, -0.2) is 4.98 Å². The fourth-order valence-corrected chi connectivity index (χ4v) is 3.70. The van der Waals surface area contributed by atoms with E-state index in [-0.39, 0.29) is 0 Å². The van der Waals surface area contributed by atoms with Crippen LogP contribution in [0.4, 0.5) is 0 Å². The minimum Gasteiger partial charge on any atom is -0.219 e. The van der Waals surface area contributed by atoms with Gasteiger partial charge in [-0.05, 0) is 17.7 Å². The molecule has 1 aromatic heterocycles. The van der Waals surface area contributed by atoms with Crippen LogP contribution >= 0.6 is 27.7 Å². The second kappa shape index (κ2) is 8.46. The highest BCUT2D eigenvalue weighted by molar-refractivity contribution is 9.10. The molecule has 3 aromatic carbocycles. The fourth-order valence-electron chi connectivity index (χ4n) is 2.69. The summed E-state index contributed by atoms with van der Waals surface area (Å²) in [6.07, 6.45) is 0. The van der Waals surface area contributed by atoms with Gasteiger partial charge in [0, 0.05) is 21.4 Å². The van der Waals surface area contributed by atoms with Gasteiger partial charge in [0.05, 0.1) is 0 Å². The Bertz CT molecular complexity index is 1020. The van der Waals surface area contributed by atoms with E-state index >= 15 is 0 Å². The zero-order valence-corrected chi connectivity index (χ0v) is 16.8. The van der Waals surface area contributed by atoms with E-state index < -0.39 is 0 Å². The number of halogens is 1. The summed E-state index contributed by atoms with van der Waals surface area (Å²) >= 11 is 5.06. The van der Waals surface area contributed by atoms with Gasteiger partial charge in [-0.1, -0.05) is 100 Å². The van der Waals surface area contributed by atoms with Crippen LogP contribution in [-0.2, 0) is 5.75 Å². The molecule has 0 unspecified atom stereocenters. The first-order valence-electron chi connectivity index (χ1n) is 8.52. The number of hydrogen-bond acceptors (Lipinski definition) is 4. The summed E-state index contributed by atoms with van der Waals surface area (Å²) in [6, 6.07) is 28.5. The zero-order valence-electron chi connectivity index (χ0n) is 14.4. The lowest BCUT2D eigenvalue weighted by atomic mass is 10.0. The van der Waals surface area contributed by atoms with Gasteiger partial charge in [0.25, 0.3) is 0 Å². The fraction of sp³-hybridized carbons (Fsp3) is 0.0455. The van der Waals surface area contributed by atoms with Crippen LogP contribution in [0.15, 0.2) is 94.6 Å². The highest BCUT2D eigenvalue weighted by Gasteiger charge is 2.13. The lowest BCUT2D eigenvalue weighted by Crippen LogP contribution is -1.99. The predicted octanol–water partition coefficient (Wildman–Crippen LogP) is 6.26. The molecular formula is C22H16BrN3S. The number of hydrogen-bond donors (Lipinski definition) is 0. The van der Waals surface area contributed by atoms with Crippen LogP contribution < -0.4 is 0 Å². The van der Waals surface area contributed by atoms with E-state index in [9.17, 15) is 0 Å². The van der Waals surface area contributed by atoms with Crippen molar-refractivity contribution in [2.75, 3.05) is 0 Å². The molecule has 0 amide bonds. The molecule has 0 saturated carbocycles. The van der Waals surface area contributed by atoms with E-state index in [1.165, 1.54) is 5.56 Å². The largest absolute Gasteiger partial charge is 0.219 e. The highest BCUT2D eigenvalue weighted by Crippen LogP contribution is 2.30. The molecule has 0 fully saturated rings. The highest BCUT2D eigenvalue weighted by atomic mass is 79.9.